The number of rotatable bonds is 12. The number of hydrogen-bond acceptors (Lipinski definition) is 10. The second kappa shape index (κ2) is 11.0. The largest absolute Gasteiger partial charge is 0.463 e. The molecule has 11 nitrogen and oxygen atoms in total. The summed E-state index contributed by atoms with van der Waals surface area (Å²) in [5, 5.41) is 0. The fraction of sp³-hybridized carbons (Fsp3) is 0.750. The van der Waals surface area contributed by atoms with Crippen LogP contribution in [0.25, 0.3) is 0 Å². The van der Waals surface area contributed by atoms with Gasteiger partial charge in [-0.25, -0.2) is 31.1 Å². The van der Waals surface area contributed by atoms with Gasteiger partial charge in [-0.3, -0.25) is 4.79 Å². The standard InChI is InChI=1S/C12H21NO10S2/c1-3-21-11(15)8-23-12(16)9-22-10(14)7-13-25(19,20)6-4-5-24(2,17)18/h13H,3-9H2,1-2H3. The highest BCUT2D eigenvalue weighted by atomic mass is 32.2. The highest BCUT2D eigenvalue weighted by Crippen LogP contribution is 1.94. The number of carbonyl (C=O) groups is 3. The molecule has 1 N–H and O–H groups in total. The number of carbonyl (C=O) groups excluding carboxylic acids is 3. The summed E-state index contributed by atoms with van der Waals surface area (Å²) in [7, 11) is -7.14. The summed E-state index contributed by atoms with van der Waals surface area (Å²) in [6.45, 7) is -0.461. The fourth-order valence-corrected chi connectivity index (χ4v) is 3.18. The maximum atomic E-state index is 11.5. The number of nitrogens with one attached hydrogen (secondary N) is 1. The molecule has 0 saturated heterocycles. The molecule has 0 aromatic carbocycles. The minimum Gasteiger partial charge on any atom is -0.463 e. The van der Waals surface area contributed by atoms with E-state index < -0.39 is 63.3 Å². The molecular weight excluding hydrogens is 382 g/mol. The van der Waals surface area contributed by atoms with Gasteiger partial charge in [0.1, 0.15) is 16.4 Å². The highest BCUT2D eigenvalue weighted by molar-refractivity contribution is 7.91. The topological polar surface area (TPSA) is 159 Å². The first-order valence-corrected chi connectivity index (χ1v) is 10.8. The maximum absolute atomic E-state index is 11.5. The Labute approximate surface area is 146 Å². The van der Waals surface area contributed by atoms with Gasteiger partial charge in [0, 0.05) is 6.26 Å². The van der Waals surface area contributed by atoms with Crippen molar-refractivity contribution in [3.63, 3.8) is 0 Å². The van der Waals surface area contributed by atoms with Crippen molar-refractivity contribution < 1.29 is 45.4 Å². The molecule has 0 aliphatic heterocycles. The minimum absolute atomic E-state index is 0.121. The molecule has 13 heteroatoms. The SMILES string of the molecule is CCOC(=O)COC(=O)COC(=O)CNS(=O)(=O)CCCS(C)(=O)=O. The van der Waals surface area contributed by atoms with E-state index in [1.165, 1.54) is 0 Å². The number of sulfone groups is 1. The monoisotopic (exact) mass is 403 g/mol. The zero-order chi connectivity index (χ0) is 19.5. The van der Waals surface area contributed by atoms with Crippen LogP contribution in [-0.2, 0) is 48.5 Å². The second-order valence-corrected chi connectivity index (χ2v) is 8.94. The van der Waals surface area contributed by atoms with Crippen molar-refractivity contribution in [2.24, 2.45) is 0 Å². The maximum Gasteiger partial charge on any atom is 0.344 e. The molecule has 146 valence electrons. The van der Waals surface area contributed by atoms with E-state index in [9.17, 15) is 31.2 Å². The average molecular weight is 403 g/mol. The van der Waals surface area contributed by atoms with Crippen molar-refractivity contribution >= 4 is 37.8 Å². The Kier molecular flexibility index (Phi) is 10.2. The summed E-state index contributed by atoms with van der Waals surface area (Å²) < 4.78 is 60.2. The van der Waals surface area contributed by atoms with E-state index in [0.717, 1.165) is 6.26 Å². The molecule has 0 amide bonds. The van der Waals surface area contributed by atoms with Gasteiger partial charge in [0.2, 0.25) is 10.0 Å². The lowest BCUT2D eigenvalue weighted by atomic mass is 10.6. The third kappa shape index (κ3) is 14.3. The van der Waals surface area contributed by atoms with Crippen molar-refractivity contribution in [3.8, 4) is 0 Å². The van der Waals surface area contributed by atoms with Gasteiger partial charge in [0.05, 0.1) is 18.1 Å². The summed E-state index contributed by atoms with van der Waals surface area (Å²) >= 11 is 0. The third-order valence-electron chi connectivity index (χ3n) is 2.37. The van der Waals surface area contributed by atoms with Gasteiger partial charge in [0.25, 0.3) is 0 Å². The quantitative estimate of drug-likeness (QED) is 0.285. The van der Waals surface area contributed by atoms with E-state index in [-0.39, 0.29) is 18.8 Å². The third-order valence-corrected chi connectivity index (χ3v) is 4.81. The molecule has 25 heavy (non-hydrogen) atoms. The van der Waals surface area contributed by atoms with Crippen molar-refractivity contribution in [1.82, 2.24) is 4.72 Å². The van der Waals surface area contributed by atoms with Crippen LogP contribution in [0.4, 0.5) is 0 Å². The lowest BCUT2D eigenvalue weighted by Gasteiger charge is -2.07. The van der Waals surface area contributed by atoms with E-state index in [4.69, 9.17) is 0 Å². The summed E-state index contributed by atoms with van der Waals surface area (Å²) in [4.78, 5) is 33.4. The summed E-state index contributed by atoms with van der Waals surface area (Å²) in [5.74, 6) is -3.58. The summed E-state index contributed by atoms with van der Waals surface area (Å²) in [5.41, 5.74) is 0. The summed E-state index contributed by atoms with van der Waals surface area (Å²) in [6.07, 6.45) is 0.856. The van der Waals surface area contributed by atoms with E-state index in [1.54, 1.807) is 6.92 Å². The Balaban J connectivity index is 4.02. The Morgan fingerprint density at radius 3 is 1.88 bits per heavy atom. The van der Waals surface area contributed by atoms with Crippen LogP contribution in [0, 0.1) is 0 Å². The van der Waals surface area contributed by atoms with E-state index in [1.807, 2.05) is 4.72 Å². The van der Waals surface area contributed by atoms with Crippen LogP contribution in [0.1, 0.15) is 13.3 Å². The molecule has 0 saturated carbocycles. The Hall–Kier alpha value is -1.73. The molecule has 0 atom stereocenters. The molecule has 0 rings (SSSR count). The minimum atomic E-state index is -3.86. The molecular formula is C12H21NO10S2. The smallest absolute Gasteiger partial charge is 0.344 e. The Morgan fingerprint density at radius 2 is 1.36 bits per heavy atom. The molecule has 0 bridgehead atoms. The first-order valence-electron chi connectivity index (χ1n) is 7.07. The van der Waals surface area contributed by atoms with Gasteiger partial charge in [-0.15, -0.1) is 0 Å². The number of sulfonamides is 1. The van der Waals surface area contributed by atoms with Crippen LogP contribution in [-0.4, -0.2) is 78.9 Å². The number of esters is 3. The molecule has 0 aromatic rings. The number of hydrogen-bond donors (Lipinski definition) is 1. The van der Waals surface area contributed by atoms with Gasteiger partial charge in [0.15, 0.2) is 13.2 Å². The Bertz CT molecular complexity index is 668. The van der Waals surface area contributed by atoms with E-state index in [0.29, 0.717) is 0 Å². The lowest BCUT2D eigenvalue weighted by Crippen LogP contribution is -2.33. The van der Waals surface area contributed by atoms with Crippen LogP contribution in [0.2, 0.25) is 0 Å². The lowest BCUT2D eigenvalue weighted by molar-refractivity contribution is -0.164. The number of ether oxygens (including phenoxy) is 3. The predicted molar refractivity (Wildman–Crippen MR) is 84.7 cm³/mol. The normalized spacial score (nSPS) is 11.6. The van der Waals surface area contributed by atoms with Gasteiger partial charge in [-0.05, 0) is 13.3 Å². The van der Waals surface area contributed by atoms with Crippen LogP contribution < -0.4 is 4.72 Å². The molecule has 0 aromatic heterocycles. The van der Waals surface area contributed by atoms with Crippen molar-refractivity contribution in [2.45, 2.75) is 13.3 Å². The van der Waals surface area contributed by atoms with Gasteiger partial charge in [-0.1, -0.05) is 0 Å². The predicted octanol–water partition coefficient (Wildman–Crippen LogP) is -2.01. The molecule has 0 aliphatic carbocycles. The van der Waals surface area contributed by atoms with E-state index in [2.05, 4.69) is 14.2 Å². The zero-order valence-electron chi connectivity index (χ0n) is 13.8. The second-order valence-electron chi connectivity index (χ2n) is 4.75. The van der Waals surface area contributed by atoms with Crippen molar-refractivity contribution in [1.29, 1.82) is 0 Å². The summed E-state index contributed by atoms with van der Waals surface area (Å²) in [6, 6.07) is 0. The zero-order valence-corrected chi connectivity index (χ0v) is 15.5. The molecule has 0 aliphatic rings. The average Bonchev–Trinajstić information content (AvgIpc) is 2.47. The van der Waals surface area contributed by atoms with Gasteiger partial charge >= 0.3 is 17.9 Å². The first kappa shape index (κ1) is 23.3. The highest BCUT2D eigenvalue weighted by Gasteiger charge is 2.16. The molecule has 0 heterocycles. The van der Waals surface area contributed by atoms with Gasteiger partial charge < -0.3 is 14.2 Å². The van der Waals surface area contributed by atoms with Crippen molar-refractivity contribution in [2.75, 3.05) is 44.1 Å². The first-order chi connectivity index (χ1) is 11.4. The van der Waals surface area contributed by atoms with Crippen LogP contribution >= 0.6 is 0 Å². The fourth-order valence-electron chi connectivity index (χ4n) is 1.33. The molecule has 0 unspecified atom stereocenters. The Morgan fingerprint density at radius 1 is 0.840 bits per heavy atom. The van der Waals surface area contributed by atoms with Crippen LogP contribution in [0.15, 0.2) is 0 Å². The van der Waals surface area contributed by atoms with Crippen LogP contribution in [0.3, 0.4) is 0 Å². The molecule has 0 radical (unpaired) electrons. The van der Waals surface area contributed by atoms with Crippen LogP contribution in [0.5, 0.6) is 0 Å². The molecule has 0 fully saturated rings. The van der Waals surface area contributed by atoms with Crippen molar-refractivity contribution in [3.05, 3.63) is 0 Å². The van der Waals surface area contributed by atoms with Gasteiger partial charge in [-0.2, -0.15) is 0 Å². The molecule has 0 spiro atoms. The van der Waals surface area contributed by atoms with E-state index >= 15 is 0 Å².